The maximum atomic E-state index is 12.0. The lowest BCUT2D eigenvalue weighted by Crippen LogP contribution is -2.54. The average Bonchev–Trinajstić information content (AvgIpc) is 2.55. The molecule has 0 spiro atoms. The predicted octanol–water partition coefficient (Wildman–Crippen LogP) is 3.27. The summed E-state index contributed by atoms with van der Waals surface area (Å²) in [4.78, 5) is 12.0. The lowest BCUT2D eigenvalue weighted by molar-refractivity contribution is -0.436. The smallest absolute Gasteiger partial charge is 0.362 e. The minimum absolute atomic E-state index is 0.232. The maximum absolute atomic E-state index is 12.0. The number of carbonyl (C=O) groups excluding carboxylic acids is 1. The molecule has 0 radical (unpaired) electrons. The standard InChI is InChI=1S/C18H26O6/c1-6-20-18(21-7-2,22-8-3)17(24-16(19)14(4)5)23-15-12-10-9-11-13-15/h9-13,17H,4,6-8H2,1-3,5H3. The van der Waals surface area contributed by atoms with Crippen molar-refractivity contribution in [3.63, 3.8) is 0 Å². The molecule has 0 fully saturated rings. The Hall–Kier alpha value is -1.89. The van der Waals surface area contributed by atoms with Gasteiger partial charge in [0.05, 0.1) is 0 Å². The van der Waals surface area contributed by atoms with Crippen LogP contribution in [0.4, 0.5) is 0 Å². The largest absolute Gasteiger partial charge is 0.447 e. The van der Waals surface area contributed by atoms with Crippen molar-refractivity contribution in [1.82, 2.24) is 0 Å². The van der Waals surface area contributed by atoms with Crippen LogP contribution in [-0.2, 0) is 23.7 Å². The van der Waals surface area contributed by atoms with Gasteiger partial charge in [-0.3, -0.25) is 0 Å². The second kappa shape index (κ2) is 10.1. The molecule has 0 bridgehead atoms. The Morgan fingerprint density at radius 2 is 1.54 bits per heavy atom. The van der Waals surface area contributed by atoms with Crippen LogP contribution in [0.5, 0.6) is 5.75 Å². The lowest BCUT2D eigenvalue weighted by Gasteiger charge is -2.37. The first kappa shape index (κ1) is 20.2. The molecule has 0 saturated heterocycles. The van der Waals surface area contributed by atoms with Gasteiger partial charge in [0.25, 0.3) is 0 Å². The van der Waals surface area contributed by atoms with Crippen molar-refractivity contribution in [2.75, 3.05) is 19.8 Å². The van der Waals surface area contributed by atoms with Crippen LogP contribution in [0.1, 0.15) is 27.7 Å². The van der Waals surface area contributed by atoms with E-state index in [0.717, 1.165) is 0 Å². The van der Waals surface area contributed by atoms with Crippen LogP contribution in [0.15, 0.2) is 42.5 Å². The summed E-state index contributed by atoms with van der Waals surface area (Å²) in [5, 5.41) is 0. The third-order valence-electron chi connectivity index (χ3n) is 2.87. The molecule has 0 aliphatic carbocycles. The number of rotatable bonds is 11. The quantitative estimate of drug-likeness (QED) is 0.350. The Kier molecular flexibility index (Phi) is 8.46. The van der Waals surface area contributed by atoms with E-state index in [4.69, 9.17) is 23.7 Å². The fraction of sp³-hybridized carbons (Fsp3) is 0.500. The van der Waals surface area contributed by atoms with Crippen LogP contribution in [0.25, 0.3) is 0 Å². The molecule has 1 aromatic carbocycles. The molecule has 134 valence electrons. The number of para-hydroxylation sites is 1. The second-order valence-corrected chi connectivity index (χ2v) is 4.85. The highest BCUT2D eigenvalue weighted by Crippen LogP contribution is 2.27. The molecular formula is C18H26O6. The number of ether oxygens (including phenoxy) is 5. The van der Waals surface area contributed by atoms with Crippen LogP contribution in [0.3, 0.4) is 0 Å². The van der Waals surface area contributed by atoms with Crippen molar-refractivity contribution >= 4 is 5.97 Å². The van der Waals surface area contributed by atoms with Crippen LogP contribution in [0, 0.1) is 0 Å². The van der Waals surface area contributed by atoms with Crippen LogP contribution in [-0.4, -0.2) is 38.1 Å². The maximum Gasteiger partial charge on any atom is 0.362 e. The second-order valence-electron chi connectivity index (χ2n) is 4.85. The first-order valence-electron chi connectivity index (χ1n) is 7.99. The number of hydrogen-bond acceptors (Lipinski definition) is 6. The summed E-state index contributed by atoms with van der Waals surface area (Å²) in [7, 11) is 0. The van der Waals surface area contributed by atoms with Gasteiger partial charge in [-0.05, 0) is 39.8 Å². The molecule has 1 aromatic rings. The van der Waals surface area contributed by atoms with Gasteiger partial charge in [-0.1, -0.05) is 24.8 Å². The van der Waals surface area contributed by atoms with Gasteiger partial charge in [0.1, 0.15) is 5.75 Å². The molecule has 6 nitrogen and oxygen atoms in total. The van der Waals surface area contributed by atoms with Crippen molar-refractivity contribution in [1.29, 1.82) is 0 Å². The third-order valence-corrected chi connectivity index (χ3v) is 2.87. The van der Waals surface area contributed by atoms with Crippen LogP contribution >= 0.6 is 0 Å². The highest BCUT2D eigenvalue weighted by molar-refractivity contribution is 5.87. The van der Waals surface area contributed by atoms with Crippen molar-refractivity contribution in [2.45, 2.75) is 40.0 Å². The average molecular weight is 338 g/mol. The number of hydrogen-bond donors (Lipinski definition) is 0. The van der Waals surface area contributed by atoms with Crippen LogP contribution in [0.2, 0.25) is 0 Å². The van der Waals surface area contributed by atoms with Gasteiger partial charge in [0.2, 0.25) is 0 Å². The van der Waals surface area contributed by atoms with Gasteiger partial charge < -0.3 is 23.7 Å². The topological polar surface area (TPSA) is 63.2 Å². The van der Waals surface area contributed by atoms with E-state index in [0.29, 0.717) is 5.75 Å². The van der Waals surface area contributed by atoms with Crippen molar-refractivity contribution in [3.8, 4) is 5.75 Å². The van der Waals surface area contributed by atoms with Gasteiger partial charge in [0.15, 0.2) is 0 Å². The third kappa shape index (κ3) is 5.63. The van der Waals surface area contributed by atoms with Gasteiger partial charge in [-0.15, -0.1) is 0 Å². The Balaban J connectivity index is 3.17. The fourth-order valence-electron chi connectivity index (χ4n) is 1.92. The van der Waals surface area contributed by atoms with Crippen molar-refractivity contribution in [3.05, 3.63) is 42.5 Å². The summed E-state index contributed by atoms with van der Waals surface area (Å²) in [6.45, 7) is 11.3. The number of carbonyl (C=O) groups is 1. The first-order chi connectivity index (χ1) is 11.5. The first-order valence-corrected chi connectivity index (χ1v) is 7.99. The van der Waals surface area contributed by atoms with Crippen molar-refractivity contribution < 1.29 is 28.5 Å². The molecule has 1 atom stereocenters. The van der Waals surface area contributed by atoms with Crippen LogP contribution < -0.4 is 4.74 Å². The van der Waals surface area contributed by atoms with E-state index in [1.807, 2.05) is 6.07 Å². The summed E-state index contributed by atoms with van der Waals surface area (Å²) in [5.74, 6) is -1.81. The zero-order valence-electron chi connectivity index (χ0n) is 14.7. The molecule has 0 N–H and O–H groups in total. The van der Waals surface area contributed by atoms with Crippen molar-refractivity contribution in [2.24, 2.45) is 0 Å². The monoisotopic (exact) mass is 338 g/mol. The van der Waals surface area contributed by atoms with Gasteiger partial charge in [-0.25, -0.2) is 4.79 Å². The fourth-order valence-corrected chi connectivity index (χ4v) is 1.92. The molecule has 0 aliphatic heterocycles. The van der Waals surface area contributed by atoms with E-state index in [9.17, 15) is 4.79 Å². The SMILES string of the molecule is C=C(C)C(=O)OC(Oc1ccccc1)C(OCC)(OCC)OCC. The summed E-state index contributed by atoms with van der Waals surface area (Å²) in [5.41, 5.74) is 0.232. The molecule has 0 saturated carbocycles. The summed E-state index contributed by atoms with van der Waals surface area (Å²) < 4.78 is 28.1. The summed E-state index contributed by atoms with van der Waals surface area (Å²) in [6, 6.07) is 8.92. The molecule has 0 aliphatic rings. The summed E-state index contributed by atoms with van der Waals surface area (Å²) >= 11 is 0. The number of benzene rings is 1. The Morgan fingerprint density at radius 1 is 1.04 bits per heavy atom. The highest BCUT2D eigenvalue weighted by Gasteiger charge is 2.48. The van der Waals surface area contributed by atoms with E-state index in [1.54, 1.807) is 52.0 Å². The molecule has 0 aromatic heterocycles. The van der Waals surface area contributed by atoms with Gasteiger partial charge in [-0.2, -0.15) is 0 Å². The Labute approximate surface area is 143 Å². The zero-order chi connectivity index (χ0) is 18.0. The predicted molar refractivity (Wildman–Crippen MR) is 89.4 cm³/mol. The van der Waals surface area contributed by atoms with E-state index >= 15 is 0 Å². The molecule has 1 unspecified atom stereocenters. The Morgan fingerprint density at radius 3 is 1.96 bits per heavy atom. The number of esters is 1. The summed E-state index contributed by atoms with van der Waals surface area (Å²) in [6.07, 6.45) is -1.26. The van der Waals surface area contributed by atoms with Gasteiger partial charge in [0, 0.05) is 25.4 Å². The molecule has 0 amide bonds. The van der Waals surface area contributed by atoms with E-state index in [1.165, 1.54) is 0 Å². The molecular weight excluding hydrogens is 312 g/mol. The molecule has 6 heteroatoms. The molecule has 1 rings (SSSR count). The molecule has 24 heavy (non-hydrogen) atoms. The normalized spacial score (nSPS) is 12.5. The van der Waals surface area contributed by atoms with E-state index in [-0.39, 0.29) is 25.4 Å². The minimum Gasteiger partial charge on any atom is -0.447 e. The van der Waals surface area contributed by atoms with E-state index in [2.05, 4.69) is 6.58 Å². The minimum atomic E-state index is -1.67. The Bertz CT molecular complexity index is 496. The van der Waals surface area contributed by atoms with Gasteiger partial charge >= 0.3 is 18.2 Å². The van der Waals surface area contributed by atoms with E-state index < -0.39 is 18.2 Å². The molecule has 0 heterocycles. The highest BCUT2D eigenvalue weighted by atomic mass is 16.9. The zero-order valence-corrected chi connectivity index (χ0v) is 14.7. The lowest BCUT2D eigenvalue weighted by atomic mass is 10.3.